The highest BCUT2D eigenvalue weighted by Crippen LogP contribution is 2.19. The summed E-state index contributed by atoms with van der Waals surface area (Å²) in [5.41, 5.74) is 9.25. The molecular weight excluding hydrogens is 236 g/mol. The molecule has 0 unspecified atom stereocenters. The number of thiol groups is 1. The average molecular weight is 256 g/mol. The van der Waals surface area contributed by atoms with Crippen LogP contribution in [0.4, 0.5) is 0 Å². The molecule has 0 amide bonds. The average Bonchev–Trinajstić information content (AvgIpc) is 2.34. The third kappa shape index (κ3) is 4.11. The molecule has 5 heteroatoms. The first kappa shape index (κ1) is 14.2. The standard InChI is InChI=1S/C12H20N2O2S/c1-3-9-7-10(12(13)4-2)5-6-11(9)8-14-17(15)16/h5-7,12,17H,3-4,8,13H2,1-2H3,(H,14,15,16)/t12-/m1/s1. The molecule has 96 valence electrons. The first-order chi connectivity index (χ1) is 8.08. The lowest BCUT2D eigenvalue weighted by Crippen LogP contribution is -2.13. The number of hydrogen-bond donors (Lipinski definition) is 3. The normalized spacial score (nSPS) is 12.9. The molecule has 0 radical (unpaired) electrons. The van der Waals surface area contributed by atoms with Crippen molar-refractivity contribution in [2.75, 3.05) is 0 Å². The Morgan fingerprint density at radius 3 is 2.53 bits per heavy atom. The molecule has 17 heavy (non-hydrogen) atoms. The fraction of sp³-hybridized carbons (Fsp3) is 0.500. The molecule has 1 aromatic rings. The van der Waals surface area contributed by atoms with Crippen LogP contribution >= 0.6 is 0 Å². The SMILES string of the molecule is CCc1cc([C@H](N)CC)ccc1CN[SH](=O)=O. The van der Waals surface area contributed by atoms with E-state index in [1.807, 2.05) is 19.1 Å². The minimum Gasteiger partial charge on any atom is -0.324 e. The molecule has 3 N–H and O–H groups in total. The maximum Gasteiger partial charge on any atom is 0.201 e. The van der Waals surface area contributed by atoms with Crippen molar-refractivity contribution in [3.05, 3.63) is 34.9 Å². The van der Waals surface area contributed by atoms with E-state index in [4.69, 9.17) is 5.73 Å². The van der Waals surface area contributed by atoms with Crippen molar-refractivity contribution in [2.45, 2.75) is 39.3 Å². The van der Waals surface area contributed by atoms with Crippen LogP contribution < -0.4 is 10.5 Å². The van der Waals surface area contributed by atoms with Gasteiger partial charge in [0.15, 0.2) is 0 Å². The largest absolute Gasteiger partial charge is 0.324 e. The van der Waals surface area contributed by atoms with Crippen molar-refractivity contribution >= 4 is 10.9 Å². The van der Waals surface area contributed by atoms with Crippen LogP contribution in [0.15, 0.2) is 18.2 Å². The molecule has 0 aliphatic rings. The van der Waals surface area contributed by atoms with Crippen molar-refractivity contribution in [1.82, 2.24) is 4.72 Å². The van der Waals surface area contributed by atoms with Crippen LogP contribution in [0, 0.1) is 0 Å². The van der Waals surface area contributed by atoms with Crippen LogP contribution in [-0.2, 0) is 23.9 Å². The Labute approximate surface area is 104 Å². The summed E-state index contributed by atoms with van der Waals surface area (Å²) < 4.78 is 23.4. The third-order valence-electron chi connectivity index (χ3n) is 2.88. The fourth-order valence-corrected chi connectivity index (χ4v) is 2.06. The number of benzene rings is 1. The van der Waals surface area contributed by atoms with Crippen molar-refractivity contribution in [2.24, 2.45) is 5.73 Å². The lowest BCUT2D eigenvalue weighted by molar-refractivity contribution is 0.601. The van der Waals surface area contributed by atoms with Gasteiger partial charge < -0.3 is 5.73 Å². The third-order valence-corrected chi connectivity index (χ3v) is 3.29. The molecule has 1 aromatic carbocycles. The second-order valence-electron chi connectivity index (χ2n) is 3.99. The molecule has 0 heterocycles. The van der Waals surface area contributed by atoms with E-state index in [9.17, 15) is 8.42 Å². The molecule has 4 nitrogen and oxygen atoms in total. The van der Waals surface area contributed by atoms with E-state index in [-0.39, 0.29) is 6.04 Å². The molecule has 0 aliphatic heterocycles. The highest BCUT2D eigenvalue weighted by atomic mass is 32.2. The molecule has 0 saturated carbocycles. The molecule has 1 rings (SSSR count). The second kappa shape index (κ2) is 6.74. The summed E-state index contributed by atoms with van der Waals surface area (Å²) in [6, 6.07) is 6.05. The van der Waals surface area contributed by atoms with Gasteiger partial charge in [0.05, 0.1) is 0 Å². The zero-order chi connectivity index (χ0) is 12.8. The zero-order valence-electron chi connectivity index (χ0n) is 10.3. The van der Waals surface area contributed by atoms with Gasteiger partial charge >= 0.3 is 0 Å². The highest BCUT2D eigenvalue weighted by molar-refractivity contribution is 7.70. The number of nitrogens with one attached hydrogen (secondary N) is 1. The Morgan fingerprint density at radius 2 is 2.00 bits per heavy atom. The van der Waals surface area contributed by atoms with E-state index in [1.54, 1.807) is 0 Å². The van der Waals surface area contributed by atoms with Crippen LogP contribution in [0.2, 0.25) is 0 Å². The molecule has 0 aliphatic carbocycles. The number of hydrogen-bond acceptors (Lipinski definition) is 3. The summed E-state index contributed by atoms with van der Waals surface area (Å²) in [7, 11) is -2.54. The molecule has 0 aromatic heterocycles. The summed E-state index contributed by atoms with van der Waals surface area (Å²) in [6.45, 7) is 4.45. The summed E-state index contributed by atoms with van der Waals surface area (Å²) in [5.74, 6) is 0. The minimum absolute atomic E-state index is 0.0541. The Hall–Kier alpha value is -0.910. The first-order valence-corrected chi connectivity index (χ1v) is 7.01. The molecule has 1 atom stereocenters. The summed E-state index contributed by atoms with van der Waals surface area (Å²) >= 11 is 0. The van der Waals surface area contributed by atoms with Gasteiger partial charge in [-0.25, -0.2) is 13.1 Å². The Morgan fingerprint density at radius 1 is 1.29 bits per heavy atom. The van der Waals surface area contributed by atoms with E-state index in [1.165, 1.54) is 0 Å². The lowest BCUT2D eigenvalue weighted by Gasteiger charge is -2.13. The molecule has 0 bridgehead atoms. The Balaban J connectivity index is 2.92. The van der Waals surface area contributed by atoms with E-state index >= 15 is 0 Å². The zero-order valence-corrected chi connectivity index (χ0v) is 11.2. The van der Waals surface area contributed by atoms with Gasteiger partial charge in [-0.05, 0) is 29.5 Å². The smallest absolute Gasteiger partial charge is 0.201 e. The van der Waals surface area contributed by atoms with Crippen LogP contribution in [0.1, 0.15) is 43.0 Å². The van der Waals surface area contributed by atoms with Gasteiger partial charge in [-0.1, -0.05) is 32.0 Å². The van der Waals surface area contributed by atoms with Crippen molar-refractivity contribution in [3.8, 4) is 0 Å². The number of aryl methyl sites for hydroxylation is 1. The second-order valence-corrected chi connectivity index (χ2v) is 4.82. The topological polar surface area (TPSA) is 72.2 Å². The van der Waals surface area contributed by atoms with Gasteiger partial charge in [-0.2, -0.15) is 0 Å². The van der Waals surface area contributed by atoms with Gasteiger partial charge in [0.1, 0.15) is 0 Å². The van der Waals surface area contributed by atoms with Gasteiger partial charge in [-0.15, -0.1) is 0 Å². The monoisotopic (exact) mass is 256 g/mol. The van der Waals surface area contributed by atoms with Gasteiger partial charge in [0.25, 0.3) is 0 Å². The van der Waals surface area contributed by atoms with E-state index in [2.05, 4.69) is 17.7 Å². The molecular formula is C12H20N2O2S. The lowest BCUT2D eigenvalue weighted by atomic mass is 9.97. The van der Waals surface area contributed by atoms with Crippen molar-refractivity contribution < 1.29 is 8.42 Å². The molecule has 0 fully saturated rings. The van der Waals surface area contributed by atoms with E-state index in [0.717, 1.165) is 29.5 Å². The molecule has 0 spiro atoms. The Kier molecular flexibility index (Phi) is 5.61. The van der Waals surface area contributed by atoms with Crippen LogP contribution in [0.5, 0.6) is 0 Å². The maximum atomic E-state index is 10.5. The van der Waals surface area contributed by atoms with Crippen LogP contribution in [-0.4, -0.2) is 8.42 Å². The summed E-state index contributed by atoms with van der Waals surface area (Å²) in [6.07, 6.45) is 1.77. The fourth-order valence-electron chi connectivity index (χ4n) is 1.76. The summed E-state index contributed by atoms with van der Waals surface area (Å²) in [4.78, 5) is 0. The Bertz CT molecular complexity index is 436. The van der Waals surface area contributed by atoms with Gasteiger partial charge in [0, 0.05) is 12.6 Å². The highest BCUT2D eigenvalue weighted by Gasteiger charge is 2.07. The van der Waals surface area contributed by atoms with Crippen LogP contribution in [0.3, 0.4) is 0 Å². The van der Waals surface area contributed by atoms with Crippen molar-refractivity contribution in [3.63, 3.8) is 0 Å². The first-order valence-electron chi connectivity index (χ1n) is 5.83. The minimum atomic E-state index is -2.54. The van der Waals surface area contributed by atoms with Crippen molar-refractivity contribution in [1.29, 1.82) is 0 Å². The number of nitrogens with two attached hydrogens (primary N) is 1. The maximum absolute atomic E-state index is 10.5. The predicted molar refractivity (Wildman–Crippen MR) is 70.2 cm³/mol. The molecule has 0 saturated heterocycles. The van der Waals surface area contributed by atoms with E-state index in [0.29, 0.717) is 6.54 Å². The van der Waals surface area contributed by atoms with Gasteiger partial charge in [0.2, 0.25) is 10.9 Å². The van der Waals surface area contributed by atoms with Gasteiger partial charge in [-0.3, -0.25) is 0 Å². The predicted octanol–water partition coefficient (Wildman–Crippen LogP) is 1.27. The quantitative estimate of drug-likeness (QED) is 0.671. The van der Waals surface area contributed by atoms with E-state index < -0.39 is 10.9 Å². The summed E-state index contributed by atoms with van der Waals surface area (Å²) in [5, 5.41) is 0. The van der Waals surface area contributed by atoms with Crippen LogP contribution in [0.25, 0.3) is 0 Å². The number of rotatable bonds is 6.